The normalized spacial score (nSPS) is 14.6. The molecule has 1 fully saturated rings. The van der Waals surface area contributed by atoms with Gasteiger partial charge >= 0.3 is 0 Å². The van der Waals surface area contributed by atoms with Gasteiger partial charge in [0.2, 0.25) is 0 Å². The maximum Gasteiger partial charge on any atom is 0.252 e. The number of rotatable bonds is 6. The second-order valence-electron chi connectivity index (χ2n) is 8.92. The summed E-state index contributed by atoms with van der Waals surface area (Å²) in [5.74, 6) is 1.13. The number of nitrogens with zero attached hydrogens (tertiary/aromatic N) is 5. The van der Waals surface area contributed by atoms with Crippen LogP contribution in [0, 0.1) is 0 Å². The molecular formula is C24H32N6O. The van der Waals surface area contributed by atoms with Gasteiger partial charge in [0.15, 0.2) is 5.65 Å². The summed E-state index contributed by atoms with van der Waals surface area (Å²) in [5.41, 5.74) is 3.27. The number of hydrogen-bond donors (Lipinski definition) is 1. The van der Waals surface area contributed by atoms with Crippen molar-refractivity contribution in [2.45, 2.75) is 65.5 Å². The van der Waals surface area contributed by atoms with E-state index in [1.807, 2.05) is 16.9 Å². The second-order valence-corrected chi connectivity index (χ2v) is 8.92. The number of anilines is 1. The minimum Gasteiger partial charge on any atom is -0.357 e. The number of amides is 1. The van der Waals surface area contributed by atoms with Crippen molar-refractivity contribution in [1.82, 2.24) is 25.1 Å². The number of hydrogen-bond acceptors (Lipinski definition) is 5. The van der Waals surface area contributed by atoms with Crippen molar-refractivity contribution in [1.29, 1.82) is 0 Å². The van der Waals surface area contributed by atoms with E-state index in [2.05, 4.69) is 60.1 Å². The molecule has 0 aromatic carbocycles. The zero-order chi connectivity index (χ0) is 22.0. The molecule has 0 saturated carbocycles. The predicted molar refractivity (Wildman–Crippen MR) is 123 cm³/mol. The van der Waals surface area contributed by atoms with Crippen LogP contribution < -0.4 is 10.2 Å². The van der Waals surface area contributed by atoms with Crippen LogP contribution in [-0.4, -0.2) is 38.7 Å². The van der Waals surface area contributed by atoms with E-state index in [9.17, 15) is 4.79 Å². The second kappa shape index (κ2) is 9.04. The lowest BCUT2D eigenvalue weighted by Crippen LogP contribution is -2.30. The lowest BCUT2D eigenvalue weighted by molar-refractivity contribution is 0.0952. The number of pyridine rings is 2. The van der Waals surface area contributed by atoms with Gasteiger partial charge in [-0.25, -0.2) is 14.6 Å². The highest BCUT2D eigenvalue weighted by molar-refractivity contribution is 6.05. The fraction of sp³-hybridized carbons (Fsp3) is 0.500. The monoisotopic (exact) mass is 420 g/mol. The first-order valence-electron chi connectivity index (χ1n) is 11.3. The fourth-order valence-corrected chi connectivity index (χ4v) is 4.01. The first kappa shape index (κ1) is 21.3. The Morgan fingerprint density at radius 1 is 1.10 bits per heavy atom. The van der Waals surface area contributed by atoms with Gasteiger partial charge in [0.25, 0.3) is 5.91 Å². The average molecular weight is 421 g/mol. The van der Waals surface area contributed by atoms with E-state index in [0.29, 0.717) is 12.1 Å². The molecule has 7 heteroatoms. The minimum absolute atomic E-state index is 0.113. The number of carbonyl (C=O) groups excluding carboxylic acids is 1. The third kappa shape index (κ3) is 4.55. The van der Waals surface area contributed by atoms with E-state index in [0.717, 1.165) is 41.2 Å². The molecule has 1 aliphatic heterocycles. The number of piperidine rings is 1. The summed E-state index contributed by atoms with van der Waals surface area (Å²) in [6.45, 7) is 10.9. The number of fused-ring (bicyclic) bond motifs is 1. The van der Waals surface area contributed by atoms with Crippen LogP contribution in [0.2, 0.25) is 0 Å². The van der Waals surface area contributed by atoms with E-state index < -0.39 is 0 Å². The van der Waals surface area contributed by atoms with Gasteiger partial charge in [-0.1, -0.05) is 19.9 Å². The molecule has 0 bridgehead atoms. The maximum atomic E-state index is 13.1. The van der Waals surface area contributed by atoms with E-state index in [4.69, 9.17) is 4.98 Å². The molecule has 1 amide bonds. The molecule has 31 heavy (non-hydrogen) atoms. The van der Waals surface area contributed by atoms with Gasteiger partial charge < -0.3 is 10.2 Å². The zero-order valence-electron chi connectivity index (χ0n) is 18.9. The summed E-state index contributed by atoms with van der Waals surface area (Å²) in [4.78, 5) is 24.8. The Balaban J connectivity index is 1.51. The quantitative estimate of drug-likeness (QED) is 0.638. The predicted octanol–water partition coefficient (Wildman–Crippen LogP) is 4.45. The summed E-state index contributed by atoms with van der Waals surface area (Å²) in [7, 11) is 0. The number of nitrogens with one attached hydrogen (secondary N) is 1. The highest BCUT2D eigenvalue weighted by Gasteiger charge is 2.19. The van der Waals surface area contributed by atoms with Crippen LogP contribution in [0.15, 0.2) is 30.6 Å². The summed E-state index contributed by atoms with van der Waals surface area (Å²) < 4.78 is 1.88. The topological polar surface area (TPSA) is 75.9 Å². The molecule has 4 rings (SSSR count). The van der Waals surface area contributed by atoms with E-state index >= 15 is 0 Å². The molecule has 0 unspecified atom stereocenters. The average Bonchev–Trinajstić information content (AvgIpc) is 3.22. The third-order valence-electron chi connectivity index (χ3n) is 5.85. The lowest BCUT2D eigenvalue weighted by Gasteiger charge is -2.27. The van der Waals surface area contributed by atoms with Crippen LogP contribution in [0.5, 0.6) is 0 Å². The summed E-state index contributed by atoms with van der Waals surface area (Å²) in [6.07, 6.45) is 7.37. The first-order valence-corrected chi connectivity index (χ1v) is 11.3. The molecule has 0 spiro atoms. The lowest BCUT2D eigenvalue weighted by atomic mass is 10.0. The van der Waals surface area contributed by atoms with Gasteiger partial charge in [0.1, 0.15) is 5.82 Å². The molecule has 1 saturated heterocycles. The molecular weight excluding hydrogens is 388 g/mol. The van der Waals surface area contributed by atoms with E-state index in [1.54, 1.807) is 6.20 Å². The van der Waals surface area contributed by atoms with Crippen LogP contribution in [0.3, 0.4) is 0 Å². The molecule has 4 heterocycles. The van der Waals surface area contributed by atoms with Crippen LogP contribution in [0.25, 0.3) is 11.0 Å². The smallest absolute Gasteiger partial charge is 0.252 e. The maximum absolute atomic E-state index is 13.1. The Kier molecular flexibility index (Phi) is 6.20. The van der Waals surface area contributed by atoms with Crippen LogP contribution >= 0.6 is 0 Å². The van der Waals surface area contributed by atoms with Crippen LogP contribution in [-0.2, 0) is 6.54 Å². The van der Waals surface area contributed by atoms with Gasteiger partial charge in [-0.05, 0) is 56.7 Å². The van der Waals surface area contributed by atoms with Gasteiger partial charge in [0.05, 0.1) is 17.1 Å². The number of aromatic nitrogens is 4. The van der Waals surface area contributed by atoms with Gasteiger partial charge in [0, 0.05) is 37.6 Å². The molecule has 164 valence electrons. The SMILES string of the molecule is CC(C)c1cc(C(=O)NCc2ccc(N3CCCCC3)nc2)c2cnn(C(C)C)c2n1. The molecule has 3 aromatic heterocycles. The van der Waals surface area contributed by atoms with Crippen molar-refractivity contribution < 1.29 is 4.79 Å². The van der Waals surface area contributed by atoms with Gasteiger partial charge in [-0.15, -0.1) is 0 Å². The molecule has 0 radical (unpaired) electrons. The Bertz CT molecular complexity index is 1050. The molecule has 1 aliphatic rings. The highest BCUT2D eigenvalue weighted by Crippen LogP contribution is 2.24. The highest BCUT2D eigenvalue weighted by atomic mass is 16.1. The van der Waals surface area contributed by atoms with Crippen molar-refractivity contribution in [3.63, 3.8) is 0 Å². The van der Waals surface area contributed by atoms with Crippen molar-refractivity contribution in [2.75, 3.05) is 18.0 Å². The van der Waals surface area contributed by atoms with Crippen LogP contribution in [0.4, 0.5) is 5.82 Å². The Hall–Kier alpha value is -2.96. The largest absolute Gasteiger partial charge is 0.357 e. The molecule has 1 N–H and O–H groups in total. The zero-order valence-corrected chi connectivity index (χ0v) is 18.9. The van der Waals surface area contributed by atoms with Gasteiger partial charge in [-0.3, -0.25) is 4.79 Å². The van der Waals surface area contributed by atoms with E-state index in [-0.39, 0.29) is 17.9 Å². The number of carbonyl (C=O) groups is 1. The standard InChI is InChI=1S/C24H32N6O/c1-16(2)21-12-19(20-15-27-30(17(3)4)23(20)28-21)24(31)26-14-18-8-9-22(25-13-18)29-10-6-5-7-11-29/h8-9,12-13,15-17H,5-7,10-11,14H2,1-4H3,(H,26,31). The fourth-order valence-electron chi connectivity index (χ4n) is 4.01. The summed E-state index contributed by atoms with van der Waals surface area (Å²) >= 11 is 0. The third-order valence-corrected chi connectivity index (χ3v) is 5.85. The molecule has 3 aromatic rings. The molecule has 0 aliphatic carbocycles. The summed E-state index contributed by atoms with van der Waals surface area (Å²) in [6, 6.07) is 6.18. The van der Waals surface area contributed by atoms with Crippen molar-refractivity contribution in [3.8, 4) is 0 Å². The van der Waals surface area contributed by atoms with Crippen LogP contribution in [0.1, 0.15) is 80.5 Å². The first-order chi connectivity index (χ1) is 14.9. The molecule has 0 atom stereocenters. The Labute approximate surface area is 183 Å². The van der Waals surface area contributed by atoms with Gasteiger partial charge in [-0.2, -0.15) is 5.10 Å². The van der Waals surface area contributed by atoms with Crippen molar-refractivity contribution in [3.05, 3.63) is 47.4 Å². The molecule has 7 nitrogen and oxygen atoms in total. The van der Waals surface area contributed by atoms with Crippen molar-refractivity contribution >= 4 is 22.8 Å². The summed E-state index contributed by atoms with van der Waals surface area (Å²) in [5, 5.41) is 8.31. The minimum atomic E-state index is -0.113. The van der Waals surface area contributed by atoms with Crippen molar-refractivity contribution in [2.24, 2.45) is 0 Å². The Morgan fingerprint density at radius 3 is 2.52 bits per heavy atom. The Morgan fingerprint density at radius 2 is 1.87 bits per heavy atom. The van der Waals surface area contributed by atoms with E-state index in [1.165, 1.54) is 19.3 Å².